The van der Waals surface area contributed by atoms with Crippen LogP contribution in [0.1, 0.15) is 10.6 Å². The highest BCUT2D eigenvalue weighted by atomic mass is 35.5. The summed E-state index contributed by atoms with van der Waals surface area (Å²) in [5, 5.41) is 1.58. The lowest BCUT2D eigenvalue weighted by Gasteiger charge is -2.19. The standard InChI is InChI=1S/C18H15ClN2O2S/c1-21(10-17-20-13-4-2-3-5-16(13)24-17)18(22)15-9-11-8-12(19)6-7-14(11)23-15/h2-8,15H,9-10H2,1H3. The summed E-state index contributed by atoms with van der Waals surface area (Å²) >= 11 is 7.61. The molecule has 0 fully saturated rings. The second-order valence-electron chi connectivity index (χ2n) is 5.83. The molecule has 0 aliphatic carbocycles. The Bertz CT molecular complexity index is 891. The molecule has 1 aromatic heterocycles. The Morgan fingerprint density at radius 1 is 1.38 bits per heavy atom. The third-order valence-corrected chi connectivity index (χ3v) is 5.32. The van der Waals surface area contributed by atoms with Crippen molar-refractivity contribution in [2.75, 3.05) is 7.05 Å². The second kappa shape index (κ2) is 6.07. The molecule has 1 unspecified atom stereocenters. The van der Waals surface area contributed by atoms with Crippen molar-refractivity contribution in [2.24, 2.45) is 0 Å². The number of rotatable bonds is 3. The SMILES string of the molecule is CN(Cc1nc2ccccc2s1)C(=O)C1Cc2cc(Cl)ccc2O1. The molecular weight excluding hydrogens is 344 g/mol. The summed E-state index contributed by atoms with van der Waals surface area (Å²) in [5.41, 5.74) is 1.95. The van der Waals surface area contributed by atoms with E-state index in [-0.39, 0.29) is 5.91 Å². The fraction of sp³-hybridized carbons (Fsp3) is 0.222. The minimum Gasteiger partial charge on any atom is -0.480 e. The Hall–Kier alpha value is -2.11. The number of ether oxygens (including phenoxy) is 1. The molecule has 1 amide bonds. The van der Waals surface area contributed by atoms with Crippen LogP contribution >= 0.6 is 22.9 Å². The van der Waals surface area contributed by atoms with E-state index in [4.69, 9.17) is 16.3 Å². The number of carbonyl (C=O) groups excluding carboxylic acids is 1. The number of aromatic nitrogens is 1. The molecule has 1 atom stereocenters. The lowest BCUT2D eigenvalue weighted by atomic mass is 10.1. The molecule has 1 aliphatic rings. The van der Waals surface area contributed by atoms with E-state index in [0.717, 1.165) is 26.5 Å². The molecule has 6 heteroatoms. The number of benzene rings is 2. The summed E-state index contributed by atoms with van der Waals surface area (Å²) in [6.07, 6.45) is 0.0664. The Kier molecular flexibility index (Phi) is 3.90. The van der Waals surface area contributed by atoms with Crippen LogP contribution in [0.3, 0.4) is 0 Å². The number of halogens is 1. The van der Waals surface area contributed by atoms with Crippen molar-refractivity contribution in [3.8, 4) is 5.75 Å². The maximum Gasteiger partial charge on any atom is 0.264 e. The number of fused-ring (bicyclic) bond motifs is 2. The van der Waals surface area contributed by atoms with Crippen LogP contribution in [0.25, 0.3) is 10.2 Å². The van der Waals surface area contributed by atoms with E-state index >= 15 is 0 Å². The van der Waals surface area contributed by atoms with Gasteiger partial charge >= 0.3 is 0 Å². The fourth-order valence-electron chi connectivity index (χ4n) is 2.87. The van der Waals surface area contributed by atoms with Crippen LogP contribution in [-0.2, 0) is 17.8 Å². The lowest BCUT2D eigenvalue weighted by molar-refractivity contribution is -0.137. The van der Waals surface area contributed by atoms with Gasteiger partial charge in [-0.3, -0.25) is 4.79 Å². The van der Waals surface area contributed by atoms with Gasteiger partial charge in [0.25, 0.3) is 5.91 Å². The Morgan fingerprint density at radius 2 is 2.21 bits per heavy atom. The largest absolute Gasteiger partial charge is 0.480 e. The minimum atomic E-state index is -0.488. The van der Waals surface area contributed by atoms with Crippen LogP contribution in [-0.4, -0.2) is 28.9 Å². The Morgan fingerprint density at radius 3 is 3.04 bits per heavy atom. The zero-order valence-corrected chi connectivity index (χ0v) is 14.6. The average molecular weight is 359 g/mol. The summed E-state index contributed by atoms with van der Waals surface area (Å²) in [5.74, 6) is 0.702. The zero-order chi connectivity index (χ0) is 16.7. The molecule has 122 valence electrons. The van der Waals surface area contributed by atoms with Crippen LogP contribution in [0, 0.1) is 0 Å². The number of hydrogen-bond acceptors (Lipinski definition) is 4. The third-order valence-electron chi connectivity index (χ3n) is 4.06. The highest BCUT2D eigenvalue weighted by Gasteiger charge is 2.31. The molecule has 3 aromatic rings. The smallest absolute Gasteiger partial charge is 0.264 e. The van der Waals surface area contributed by atoms with E-state index in [1.54, 1.807) is 29.4 Å². The van der Waals surface area contributed by atoms with Crippen molar-refractivity contribution in [1.82, 2.24) is 9.88 Å². The summed E-state index contributed by atoms with van der Waals surface area (Å²) in [6.45, 7) is 0.481. The van der Waals surface area contributed by atoms with E-state index in [1.165, 1.54) is 0 Å². The van der Waals surface area contributed by atoms with Gasteiger partial charge in [-0.15, -0.1) is 11.3 Å². The lowest BCUT2D eigenvalue weighted by Crippen LogP contribution is -2.38. The number of carbonyl (C=O) groups is 1. The van der Waals surface area contributed by atoms with Crippen LogP contribution in [0.4, 0.5) is 0 Å². The molecule has 24 heavy (non-hydrogen) atoms. The number of likely N-dealkylation sites (N-methyl/N-ethyl adjacent to an activating group) is 1. The third kappa shape index (κ3) is 2.85. The van der Waals surface area contributed by atoms with Gasteiger partial charge in [0.15, 0.2) is 6.10 Å². The molecule has 0 saturated carbocycles. The highest BCUT2D eigenvalue weighted by molar-refractivity contribution is 7.18. The summed E-state index contributed by atoms with van der Waals surface area (Å²) in [4.78, 5) is 18.9. The van der Waals surface area contributed by atoms with Gasteiger partial charge in [0, 0.05) is 18.5 Å². The summed E-state index contributed by atoms with van der Waals surface area (Å²) in [6, 6.07) is 13.4. The second-order valence-corrected chi connectivity index (χ2v) is 7.38. The quantitative estimate of drug-likeness (QED) is 0.712. The van der Waals surface area contributed by atoms with Gasteiger partial charge in [-0.05, 0) is 35.9 Å². The molecule has 0 saturated heterocycles. The van der Waals surface area contributed by atoms with Crippen LogP contribution < -0.4 is 4.74 Å². The fourth-order valence-corrected chi connectivity index (χ4v) is 4.08. The maximum atomic E-state index is 12.7. The Balaban J connectivity index is 1.47. The first-order valence-corrected chi connectivity index (χ1v) is 8.84. The monoisotopic (exact) mass is 358 g/mol. The van der Waals surface area contributed by atoms with E-state index < -0.39 is 6.10 Å². The molecule has 0 radical (unpaired) electrons. The van der Waals surface area contributed by atoms with Gasteiger partial charge in [-0.25, -0.2) is 4.98 Å². The topological polar surface area (TPSA) is 42.4 Å². The van der Waals surface area contributed by atoms with E-state index in [2.05, 4.69) is 4.98 Å². The first-order chi connectivity index (χ1) is 11.6. The van der Waals surface area contributed by atoms with Crippen LogP contribution in [0.2, 0.25) is 5.02 Å². The first kappa shape index (κ1) is 15.4. The van der Waals surface area contributed by atoms with Crippen LogP contribution in [0.5, 0.6) is 5.75 Å². The van der Waals surface area contributed by atoms with Gasteiger partial charge < -0.3 is 9.64 Å². The Labute approximate surface area is 148 Å². The van der Waals surface area contributed by atoms with E-state index in [1.807, 2.05) is 36.4 Å². The molecule has 2 heterocycles. The number of nitrogens with zero attached hydrogens (tertiary/aromatic N) is 2. The summed E-state index contributed by atoms with van der Waals surface area (Å²) in [7, 11) is 1.79. The van der Waals surface area contributed by atoms with Gasteiger partial charge in [-0.1, -0.05) is 23.7 Å². The van der Waals surface area contributed by atoms with Gasteiger partial charge in [-0.2, -0.15) is 0 Å². The summed E-state index contributed by atoms with van der Waals surface area (Å²) < 4.78 is 6.91. The van der Waals surface area contributed by atoms with Crippen molar-refractivity contribution < 1.29 is 9.53 Å². The molecule has 4 nitrogen and oxygen atoms in total. The van der Waals surface area contributed by atoms with Crippen molar-refractivity contribution in [3.63, 3.8) is 0 Å². The normalized spacial score (nSPS) is 16.0. The predicted molar refractivity (Wildman–Crippen MR) is 95.7 cm³/mol. The van der Waals surface area contributed by atoms with Crippen molar-refractivity contribution >= 4 is 39.1 Å². The van der Waals surface area contributed by atoms with Gasteiger partial charge in [0.05, 0.1) is 16.8 Å². The first-order valence-electron chi connectivity index (χ1n) is 7.64. The molecule has 4 rings (SSSR count). The van der Waals surface area contributed by atoms with Gasteiger partial charge in [0.1, 0.15) is 10.8 Å². The number of amides is 1. The molecule has 2 aromatic carbocycles. The zero-order valence-electron chi connectivity index (χ0n) is 13.0. The predicted octanol–water partition coefficient (Wildman–Crippen LogP) is 3.91. The molecule has 1 aliphatic heterocycles. The molecule has 0 bridgehead atoms. The number of para-hydroxylation sites is 1. The molecule has 0 N–H and O–H groups in total. The van der Waals surface area contributed by atoms with Crippen molar-refractivity contribution in [3.05, 3.63) is 58.1 Å². The molecular formula is C18H15ClN2O2S. The van der Waals surface area contributed by atoms with E-state index in [0.29, 0.717) is 18.0 Å². The molecule has 0 spiro atoms. The van der Waals surface area contributed by atoms with E-state index in [9.17, 15) is 4.79 Å². The minimum absolute atomic E-state index is 0.0402. The maximum absolute atomic E-state index is 12.7. The average Bonchev–Trinajstić information content (AvgIpc) is 3.16. The number of hydrogen-bond donors (Lipinski definition) is 0. The van der Waals surface area contributed by atoms with Crippen molar-refractivity contribution in [1.29, 1.82) is 0 Å². The number of thiazole rings is 1. The van der Waals surface area contributed by atoms with Crippen LogP contribution in [0.15, 0.2) is 42.5 Å². The van der Waals surface area contributed by atoms with Crippen molar-refractivity contribution in [2.45, 2.75) is 19.1 Å². The highest BCUT2D eigenvalue weighted by Crippen LogP contribution is 2.32. The van der Waals surface area contributed by atoms with Gasteiger partial charge in [0.2, 0.25) is 0 Å².